The fourth-order valence-electron chi connectivity index (χ4n) is 6.07. The van der Waals surface area contributed by atoms with Gasteiger partial charge in [0.2, 0.25) is 0 Å². The van der Waals surface area contributed by atoms with E-state index in [1.807, 2.05) is 12.2 Å². The molecule has 0 amide bonds. The van der Waals surface area contributed by atoms with Crippen molar-refractivity contribution in [2.45, 2.75) is 24.5 Å². The first-order valence-corrected chi connectivity index (χ1v) is 15.1. The number of hydrogen-bond donors (Lipinski definition) is 0. The van der Waals surface area contributed by atoms with Crippen LogP contribution in [0.3, 0.4) is 0 Å². The lowest BCUT2D eigenvalue weighted by atomic mass is 9.75. The van der Waals surface area contributed by atoms with E-state index in [4.69, 9.17) is 28.4 Å². The van der Waals surface area contributed by atoms with Crippen LogP contribution in [0.25, 0.3) is 0 Å². The van der Waals surface area contributed by atoms with Gasteiger partial charge in [0.1, 0.15) is 28.9 Å². The predicted octanol–water partition coefficient (Wildman–Crippen LogP) is 4.25. The first-order chi connectivity index (χ1) is 23.2. The van der Waals surface area contributed by atoms with Crippen LogP contribution in [0.2, 0.25) is 0 Å². The molecule has 4 unspecified atom stereocenters. The number of carbonyl (C=O) groups is 4. The average Bonchev–Trinajstić information content (AvgIpc) is 3.78. The van der Waals surface area contributed by atoms with Crippen molar-refractivity contribution in [2.24, 2.45) is 11.8 Å². The molecule has 4 atom stereocenters. The molecule has 2 saturated heterocycles. The standard InChI is InChI=1S/C38H30O10/c1-43-30-21-28(16-10-24-7-13-26(14-8-24)35(40)45-3)31(22-27(30)15-9-23-5-11-25(12-6-23)34(39)44-2)46-20-4-18-38-19-17-29(48-38)32-33(38)37(42)47-36(32)41/h5-8,11-14,17,19,21-22,29,32-33H,4,18,20H2,1-3H3. The number of hydrogen-bond acceptors (Lipinski definition) is 10. The molecule has 242 valence electrons. The van der Waals surface area contributed by atoms with Crippen molar-refractivity contribution < 1.29 is 47.6 Å². The monoisotopic (exact) mass is 646 g/mol. The van der Waals surface area contributed by atoms with Crippen LogP contribution >= 0.6 is 0 Å². The van der Waals surface area contributed by atoms with Crippen LogP contribution in [-0.4, -0.2) is 63.5 Å². The summed E-state index contributed by atoms with van der Waals surface area (Å²) in [4.78, 5) is 48.3. The number of esters is 4. The van der Waals surface area contributed by atoms with E-state index >= 15 is 0 Å². The summed E-state index contributed by atoms with van der Waals surface area (Å²) in [6.45, 7) is 0.251. The highest BCUT2D eigenvalue weighted by molar-refractivity contribution is 5.99. The third-order valence-electron chi connectivity index (χ3n) is 8.46. The molecule has 2 bridgehead atoms. The molecule has 0 saturated carbocycles. The Morgan fingerprint density at radius 3 is 1.90 bits per heavy atom. The van der Waals surface area contributed by atoms with Gasteiger partial charge in [-0.25, -0.2) is 9.59 Å². The fraction of sp³-hybridized carbons (Fsp3) is 0.263. The van der Waals surface area contributed by atoms with Gasteiger partial charge in [0.15, 0.2) is 0 Å². The number of benzene rings is 3. The van der Waals surface area contributed by atoms with E-state index in [2.05, 4.69) is 23.7 Å². The molecule has 3 heterocycles. The van der Waals surface area contributed by atoms with E-state index in [0.29, 0.717) is 57.7 Å². The zero-order chi connectivity index (χ0) is 33.8. The Morgan fingerprint density at radius 2 is 1.33 bits per heavy atom. The summed E-state index contributed by atoms with van der Waals surface area (Å²) in [5.41, 5.74) is 2.35. The average molecular weight is 647 g/mol. The molecule has 3 aromatic carbocycles. The van der Waals surface area contributed by atoms with E-state index in [1.54, 1.807) is 60.7 Å². The summed E-state index contributed by atoms with van der Waals surface area (Å²) in [6.07, 6.45) is 4.17. The molecule has 0 aliphatic carbocycles. The summed E-state index contributed by atoms with van der Waals surface area (Å²) < 4.78 is 32.5. The van der Waals surface area contributed by atoms with Gasteiger partial charge in [-0.1, -0.05) is 35.8 Å². The van der Waals surface area contributed by atoms with Crippen LogP contribution < -0.4 is 9.47 Å². The highest BCUT2D eigenvalue weighted by Crippen LogP contribution is 2.53. The Kier molecular flexibility index (Phi) is 9.02. The maximum atomic E-state index is 12.5. The van der Waals surface area contributed by atoms with Gasteiger partial charge in [-0.3, -0.25) is 9.59 Å². The SMILES string of the molecule is COC(=O)c1ccc(C#Cc2cc(OCCCC34C=CC(O3)C3C(=O)OC(=O)C34)c(C#Cc3ccc(C(=O)OC)cc3)cc2OC)cc1. The molecule has 3 aliphatic heterocycles. The molecule has 0 radical (unpaired) electrons. The molecular formula is C38H30O10. The van der Waals surface area contributed by atoms with E-state index in [9.17, 15) is 19.2 Å². The lowest BCUT2D eigenvalue weighted by molar-refractivity contribution is -0.158. The molecule has 3 aliphatic rings. The van der Waals surface area contributed by atoms with Crippen molar-refractivity contribution in [3.63, 3.8) is 0 Å². The van der Waals surface area contributed by atoms with Crippen molar-refractivity contribution in [3.8, 4) is 35.2 Å². The van der Waals surface area contributed by atoms with E-state index in [1.165, 1.54) is 21.3 Å². The third-order valence-corrected chi connectivity index (χ3v) is 8.46. The fourth-order valence-corrected chi connectivity index (χ4v) is 6.07. The largest absolute Gasteiger partial charge is 0.495 e. The normalized spacial score (nSPS) is 21.3. The molecule has 0 spiro atoms. The molecule has 0 N–H and O–H groups in total. The Morgan fingerprint density at radius 1 is 0.771 bits per heavy atom. The maximum Gasteiger partial charge on any atom is 0.337 e. The van der Waals surface area contributed by atoms with Gasteiger partial charge < -0.3 is 28.4 Å². The second-order valence-electron chi connectivity index (χ2n) is 11.3. The number of rotatable bonds is 8. The minimum absolute atomic E-state index is 0.251. The molecule has 2 fully saturated rings. The molecule has 10 heteroatoms. The quantitative estimate of drug-likeness (QED) is 0.0877. The van der Waals surface area contributed by atoms with E-state index < -0.39 is 47.4 Å². The smallest absolute Gasteiger partial charge is 0.337 e. The van der Waals surface area contributed by atoms with Gasteiger partial charge in [-0.05, 0) is 61.4 Å². The second-order valence-corrected chi connectivity index (χ2v) is 11.3. The molecule has 6 rings (SSSR count). The van der Waals surface area contributed by atoms with Crippen LogP contribution in [-0.2, 0) is 28.5 Å². The van der Waals surface area contributed by atoms with Gasteiger partial charge in [0.05, 0.1) is 56.3 Å². The van der Waals surface area contributed by atoms with Gasteiger partial charge in [-0.15, -0.1) is 0 Å². The zero-order valence-corrected chi connectivity index (χ0v) is 26.4. The molecule has 3 aromatic rings. The number of carbonyl (C=O) groups excluding carboxylic acids is 4. The number of fused-ring (bicyclic) bond motifs is 5. The highest BCUT2D eigenvalue weighted by atomic mass is 16.6. The number of ether oxygens (including phenoxy) is 6. The van der Waals surface area contributed by atoms with Crippen molar-refractivity contribution in [2.75, 3.05) is 27.9 Å². The maximum absolute atomic E-state index is 12.5. The first-order valence-electron chi connectivity index (χ1n) is 15.1. The van der Waals surface area contributed by atoms with Gasteiger partial charge in [0, 0.05) is 23.3 Å². The number of methoxy groups -OCH3 is 3. The summed E-state index contributed by atoms with van der Waals surface area (Å²) in [6, 6.07) is 16.9. The minimum atomic E-state index is -0.902. The minimum Gasteiger partial charge on any atom is -0.495 e. The Labute approximate surface area is 276 Å². The Balaban J connectivity index is 1.25. The third kappa shape index (κ3) is 6.26. The van der Waals surface area contributed by atoms with Crippen LogP contribution in [0, 0.1) is 35.5 Å². The van der Waals surface area contributed by atoms with Gasteiger partial charge in [0.25, 0.3) is 0 Å². The van der Waals surface area contributed by atoms with Crippen LogP contribution in [0.4, 0.5) is 0 Å². The molecular weight excluding hydrogens is 616 g/mol. The van der Waals surface area contributed by atoms with Crippen molar-refractivity contribution in [1.29, 1.82) is 0 Å². The number of cyclic esters (lactones) is 2. The second kappa shape index (κ2) is 13.5. The lowest BCUT2D eigenvalue weighted by Crippen LogP contribution is -2.38. The van der Waals surface area contributed by atoms with Crippen LogP contribution in [0.5, 0.6) is 11.5 Å². The summed E-state index contributed by atoms with van der Waals surface area (Å²) >= 11 is 0. The molecule has 48 heavy (non-hydrogen) atoms. The van der Waals surface area contributed by atoms with Crippen molar-refractivity contribution in [1.82, 2.24) is 0 Å². The zero-order valence-electron chi connectivity index (χ0n) is 26.4. The highest BCUT2D eigenvalue weighted by Gasteiger charge is 2.66. The lowest BCUT2D eigenvalue weighted by Gasteiger charge is -2.27. The Hall–Kier alpha value is -5.84. The van der Waals surface area contributed by atoms with E-state index in [-0.39, 0.29) is 6.61 Å². The Bertz CT molecular complexity index is 1940. The first kappa shape index (κ1) is 32.1. The van der Waals surface area contributed by atoms with Crippen LogP contribution in [0.15, 0.2) is 72.8 Å². The summed E-state index contributed by atoms with van der Waals surface area (Å²) in [7, 11) is 4.18. The van der Waals surface area contributed by atoms with Gasteiger partial charge >= 0.3 is 23.9 Å². The molecule has 0 aromatic heterocycles. The topological polar surface area (TPSA) is 124 Å². The summed E-state index contributed by atoms with van der Waals surface area (Å²) in [5.74, 6) is 10.2. The van der Waals surface area contributed by atoms with Gasteiger partial charge in [-0.2, -0.15) is 0 Å². The van der Waals surface area contributed by atoms with Crippen LogP contribution in [0.1, 0.15) is 55.8 Å². The van der Waals surface area contributed by atoms with E-state index in [0.717, 1.165) is 0 Å². The predicted molar refractivity (Wildman–Crippen MR) is 170 cm³/mol. The van der Waals surface area contributed by atoms with Crippen molar-refractivity contribution >= 4 is 23.9 Å². The summed E-state index contributed by atoms with van der Waals surface area (Å²) in [5, 5.41) is 0. The van der Waals surface area contributed by atoms with Crippen molar-refractivity contribution in [3.05, 3.63) is 106 Å². The molecule has 10 nitrogen and oxygen atoms in total.